The molecule has 0 saturated heterocycles. The van der Waals surface area contributed by atoms with Crippen LogP contribution in [0.3, 0.4) is 0 Å². The highest BCUT2D eigenvalue weighted by molar-refractivity contribution is 8.03. The summed E-state index contributed by atoms with van der Waals surface area (Å²) in [7, 11) is 0. The highest BCUT2D eigenvalue weighted by Gasteiger charge is 2.26. The molecule has 12 heavy (non-hydrogen) atoms. The topological polar surface area (TPSA) is 64.1 Å². The van der Waals surface area contributed by atoms with Gasteiger partial charge in [-0.15, -0.1) is 12.4 Å². The number of hydrogen-bond donors (Lipinski definition) is 3. The lowest BCUT2D eigenvalue weighted by atomic mass is 10.00. The van der Waals surface area contributed by atoms with Gasteiger partial charge in [0.2, 0.25) is 0 Å². The second-order valence-electron chi connectivity index (χ2n) is 3.09. The molecule has 3 nitrogen and oxygen atoms in total. The third kappa shape index (κ3) is 1.88. The zero-order chi connectivity index (χ0) is 7.84. The van der Waals surface area contributed by atoms with Gasteiger partial charge < -0.3 is 16.8 Å². The van der Waals surface area contributed by atoms with Crippen LogP contribution >= 0.6 is 24.2 Å². The van der Waals surface area contributed by atoms with Crippen molar-refractivity contribution in [3.8, 4) is 0 Å². The summed E-state index contributed by atoms with van der Waals surface area (Å²) >= 11 is 1.72. The molecule has 70 valence electrons. The predicted octanol–water partition coefficient (Wildman–Crippen LogP) is 0.710. The minimum Gasteiger partial charge on any atom is -0.364 e. The molecular weight excluding hydrogens is 194 g/mol. The highest BCUT2D eigenvalue weighted by atomic mass is 35.5. The SMILES string of the molecule is Cl.NC1CCC2=C(C1)SC(N)N2. The molecule has 0 radical (unpaired) electrons. The quantitative estimate of drug-likeness (QED) is 0.548. The van der Waals surface area contributed by atoms with Crippen molar-refractivity contribution >= 4 is 24.2 Å². The van der Waals surface area contributed by atoms with Gasteiger partial charge in [-0.2, -0.15) is 0 Å². The zero-order valence-corrected chi connectivity index (χ0v) is 8.38. The average molecular weight is 208 g/mol. The first-order valence-electron chi connectivity index (χ1n) is 3.92. The van der Waals surface area contributed by atoms with Gasteiger partial charge in [-0.05, 0) is 19.3 Å². The summed E-state index contributed by atoms with van der Waals surface area (Å²) in [6, 6.07) is 0.355. The van der Waals surface area contributed by atoms with Gasteiger partial charge in [0.25, 0.3) is 0 Å². The van der Waals surface area contributed by atoms with Crippen LogP contribution in [-0.2, 0) is 0 Å². The first-order valence-corrected chi connectivity index (χ1v) is 4.80. The van der Waals surface area contributed by atoms with Crippen LogP contribution in [0, 0.1) is 0 Å². The van der Waals surface area contributed by atoms with E-state index in [1.54, 1.807) is 11.8 Å². The maximum Gasteiger partial charge on any atom is 0.127 e. The number of hydrogen-bond acceptors (Lipinski definition) is 4. The number of thioether (sulfide) groups is 1. The van der Waals surface area contributed by atoms with Crippen LogP contribution in [0.1, 0.15) is 19.3 Å². The van der Waals surface area contributed by atoms with Crippen LogP contribution in [0.5, 0.6) is 0 Å². The largest absolute Gasteiger partial charge is 0.364 e. The van der Waals surface area contributed by atoms with Crippen molar-refractivity contribution in [1.29, 1.82) is 0 Å². The van der Waals surface area contributed by atoms with Crippen LogP contribution in [0.25, 0.3) is 0 Å². The van der Waals surface area contributed by atoms with Crippen molar-refractivity contribution in [2.24, 2.45) is 11.5 Å². The molecule has 2 atom stereocenters. The minimum absolute atomic E-state index is 0. The van der Waals surface area contributed by atoms with E-state index in [0.717, 1.165) is 19.3 Å². The van der Waals surface area contributed by atoms with Gasteiger partial charge in [0.05, 0.1) is 0 Å². The summed E-state index contributed by atoms with van der Waals surface area (Å²) in [5.74, 6) is 0. The van der Waals surface area contributed by atoms with Gasteiger partial charge >= 0.3 is 0 Å². The summed E-state index contributed by atoms with van der Waals surface area (Å²) in [5, 5.41) is 3.24. The van der Waals surface area contributed by atoms with Crippen LogP contribution in [0.4, 0.5) is 0 Å². The minimum atomic E-state index is 0. The molecular formula is C7H14ClN3S. The molecule has 0 amide bonds. The van der Waals surface area contributed by atoms with Crippen molar-refractivity contribution in [2.45, 2.75) is 30.8 Å². The molecule has 1 aliphatic heterocycles. The normalized spacial score (nSPS) is 33.8. The Morgan fingerprint density at radius 2 is 2.17 bits per heavy atom. The highest BCUT2D eigenvalue weighted by Crippen LogP contribution is 2.36. The van der Waals surface area contributed by atoms with Crippen LogP contribution in [0.15, 0.2) is 10.6 Å². The monoisotopic (exact) mass is 207 g/mol. The molecule has 0 aromatic carbocycles. The summed E-state index contributed by atoms with van der Waals surface area (Å²) in [5.41, 5.74) is 12.9. The Balaban J connectivity index is 0.000000720. The average Bonchev–Trinajstić information content (AvgIpc) is 2.27. The number of halogens is 1. The maximum absolute atomic E-state index is 5.82. The number of nitrogens with two attached hydrogens (primary N) is 2. The fourth-order valence-electron chi connectivity index (χ4n) is 1.56. The maximum atomic E-state index is 5.82. The molecule has 0 aromatic rings. The van der Waals surface area contributed by atoms with Gasteiger partial charge in [-0.3, -0.25) is 0 Å². The molecule has 2 aliphatic rings. The lowest BCUT2D eigenvalue weighted by Gasteiger charge is -2.18. The van der Waals surface area contributed by atoms with E-state index in [2.05, 4.69) is 5.32 Å². The smallest absolute Gasteiger partial charge is 0.127 e. The van der Waals surface area contributed by atoms with Crippen molar-refractivity contribution in [2.75, 3.05) is 0 Å². The molecule has 1 heterocycles. The number of allylic oxidation sites excluding steroid dienone is 1. The molecule has 0 spiro atoms. The van der Waals surface area contributed by atoms with Gasteiger partial charge in [0, 0.05) is 16.6 Å². The zero-order valence-electron chi connectivity index (χ0n) is 6.75. The van der Waals surface area contributed by atoms with Gasteiger partial charge in [-0.25, -0.2) is 0 Å². The van der Waals surface area contributed by atoms with Crippen molar-refractivity contribution in [1.82, 2.24) is 5.32 Å². The van der Waals surface area contributed by atoms with Crippen molar-refractivity contribution in [3.63, 3.8) is 0 Å². The van der Waals surface area contributed by atoms with E-state index >= 15 is 0 Å². The Bertz CT molecular complexity index is 207. The molecule has 1 aliphatic carbocycles. The summed E-state index contributed by atoms with van der Waals surface area (Å²) in [6.07, 6.45) is 3.19. The molecule has 5 N–H and O–H groups in total. The van der Waals surface area contributed by atoms with Crippen molar-refractivity contribution in [3.05, 3.63) is 10.6 Å². The molecule has 0 aromatic heterocycles. The Morgan fingerprint density at radius 1 is 1.42 bits per heavy atom. The summed E-state index contributed by atoms with van der Waals surface area (Å²) < 4.78 is 0. The molecule has 2 unspecified atom stereocenters. The molecule has 2 rings (SSSR count). The predicted molar refractivity (Wildman–Crippen MR) is 54.8 cm³/mol. The van der Waals surface area contributed by atoms with Crippen LogP contribution in [0.2, 0.25) is 0 Å². The Hall–Kier alpha value is 0.100. The molecule has 0 bridgehead atoms. The Labute approximate surface area is 82.7 Å². The first-order chi connectivity index (χ1) is 5.25. The van der Waals surface area contributed by atoms with E-state index in [1.807, 2.05) is 0 Å². The number of nitrogens with one attached hydrogen (secondary N) is 1. The lowest BCUT2D eigenvalue weighted by Crippen LogP contribution is -2.30. The van der Waals surface area contributed by atoms with E-state index in [1.165, 1.54) is 10.6 Å². The summed E-state index contributed by atoms with van der Waals surface area (Å²) in [6.45, 7) is 0. The third-order valence-corrected chi connectivity index (χ3v) is 3.20. The fraction of sp³-hybridized carbons (Fsp3) is 0.714. The van der Waals surface area contributed by atoms with E-state index in [4.69, 9.17) is 11.5 Å². The Morgan fingerprint density at radius 3 is 2.92 bits per heavy atom. The van der Waals surface area contributed by atoms with Crippen molar-refractivity contribution < 1.29 is 0 Å². The molecule has 0 saturated carbocycles. The second kappa shape index (κ2) is 3.87. The van der Waals surface area contributed by atoms with Crippen LogP contribution < -0.4 is 16.8 Å². The van der Waals surface area contributed by atoms with E-state index in [-0.39, 0.29) is 17.9 Å². The van der Waals surface area contributed by atoms with Gasteiger partial charge in [0.15, 0.2) is 0 Å². The fourth-order valence-corrected chi connectivity index (χ4v) is 2.68. The van der Waals surface area contributed by atoms with Crippen LogP contribution in [-0.4, -0.2) is 11.5 Å². The first kappa shape index (κ1) is 10.2. The van der Waals surface area contributed by atoms with E-state index in [0.29, 0.717) is 6.04 Å². The number of rotatable bonds is 0. The third-order valence-electron chi connectivity index (χ3n) is 2.14. The van der Waals surface area contributed by atoms with E-state index in [9.17, 15) is 0 Å². The van der Waals surface area contributed by atoms with E-state index < -0.39 is 0 Å². The summed E-state index contributed by atoms with van der Waals surface area (Å²) in [4.78, 5) is 1.39. The Kier molecular flexibility index (Phi) is 3.29. The molecule has 0 fully saturated rings. The standard InChI is InChI=1S/C7H13N3S.ClH/c8-4-1-2-5-6(3-4)11-7(9)10-5;/h4,7,10H,1-3,8-9H2;1H. The second-order valence-corrected chi connectivity index (χ2v) is 4.32. The van der Waals surface area contributed by atoms with Gasteiger partial charge in [-0.1, -0.05) is 11.8 Å². The molecule has 5 heteroatoms. The lowest BCUT2D eigenvalue weighted by molar-refractivity contribution is 0.563. The van der Waals surface area contributed by atoms with Gasteiger partial charge in [0.1, 0.15) is 5.50 Å².